The number of hydrogen-bond donors (Lipinski definition) is 1. The van der Waals surface area contributed by atoms with E-state index >= 15 is 0 Å². The lowest BCUT2D eigenvalue weighted by Gasteiger charge is -2.29. The van der Waals surface area contributed by atoms with Crippen LogP contribution in [0, 0.1) is 5.92 Å². The van der Waals surface area contributed by atoms with Gasteiger partial charge in [-0.1, -0.05) is 13.0 Å². The first-order chi connectivity index (χ1) is 10.5. The Kier molecular flexibility index (Phi) is 4.23. The van der Waals surface area contributed by atoms with E-state index in [0.29, 0.717) is 24.6 Å². The molecular weight excluding hydrogens is 300 g/mol. The first kappa shape index (κ1) is 15.5. The van der Waals surface area contributed by atoms with Crippen molar-refractivity contribution in [3.8, 4) is 0 Å². The van der Waals surface area contributed by atoms with Crippen LogP contribution in [-0.4, -0.2) is 37.8 Å². The Morgan fingerprint density at radius 3 is 2.50 bits per heavy atom. The van der Waals surface area contributed by atoms with E-state index in [9.17, 15) is 13.2 Å². The minimum atomic E-state index is -3.50. The molecule has 0 bridgehead atoms. The van der Waals surface area contributed by atoms with Crippen molar-refractivity contribution in [3.63, 3.8) is 0 Å². The van der Waals surface area contributed by atoms with Crippen molar-refractivity contribution in [2.45, 2.75) is 43.5 Å². The number of amides is 1. The van der Waals surface area contributed by atoms with Crippen LogP contribution in [0.15, 0.2) is 29.2 Å². The van der Waals surface area contributed by atoms with Gasteiger partial charge in [-0.15, -0.1) is 0 Å². The van der Waals surface area contributed by atoms with E-state index in [4.69, 9.17) is 0 Å². The molecule has 1 aliphatic carbocycles. The van der Waals surface area contributed by atoms with Crippen LogP contribution in [0.5, 0.6) is 0 Å². The number of carbonyl (C=O) groups is 1. The molecule has 1 amide bonds. The molecule has 0 aromatic heterocycles. The molecule has 0 unspecified atom stereocenters. The number of benzene rings is 1. The van der Waals surface area contributed by atoms with Gasteiger partial charge in [0.1, 0.15) is 0 Å². The summed E-state index contributed by atoms with van der Waals surface area (Å²) in [4.78, 5) is 12.3. The quantitative estimate of drug-likeness (QED) is 0.922. The van der Waals surface area contributed by atoms with E-state index in [1.807, 2.05) is 0 Å². The van der Waals surface area contributed by atoms with Gasteiger partial charge in [0, 0.05) is 24.7 Å². The molecule has 1 N–H and O–H groups in total. The van der Waals surface area contributed by atoms with Gasteiger partial charge in [0.25, 0.3) is 5.91 Å². The van der Waals surface area contributed by atoms with Gasteiger partial charge in [0.15, 0.2) is 0 Å². The Labute approximate surface area is 131 Å². The molecule has 1 aliphatic heterocycles. The predicted octanol–water partition coefficient (Wildman–Crippen LogP) is 2.00. The molecule has 1 saturated carbocycles. The molecule has 0 atom stereocenters. The second kappa shape index (κ2) is 6.01. The highest BCUT2D eigenvalue weighted by Gasteiger charge is 2.29. The molecule has 2 aliphatic rings. The highest BCUT2D eigenvalue weighted by molar-refractivity contribution is 7.89. The van der Waals surface area contributed by atoms with Crippen LogP contribution in [0.1, 0.15) is 43.0 Å². The Morgan fingerprint density at radius 1 is 1.18 bits per heavy atom. The number of nitrogens with one attached hydrogen (secondary N) is 1. The van der Waals surface area contributed by atoms with Crippen molar-refractivity contribution >= 4 is 15.9 Å². The first-order valence-electron chi connectivity index (χ1n) is 7.88. The average Bonchev–Trinajstić information content (AvgIpc) is 3.32. The molecule has 6 heteroatoms. The number of nitrogens with zero attached hydrogens (tertiary/aromatic N) is 1. The van der Waals surface area contributed by atoms with Gasteiger partial charge in [-0.3, -0.25) is 4.79 Å². The highest BCUT2D eigenvalue weighted by atomic mass is 32.2. The third-order valence-corrected chi connectivity index (χ3v) is 6.28. The number of rotatable bonds is 4. The molecule has 22 heavy (non-hydrogen) atoms. The van der Waals surface area contributed by atoms with Crippen LogP contribution in [0.4, 0.5) is 0 Å². The summed E-state index contributed by atoms with van der Waals surface area (Å²) in [5, 5.41) is 2.89. The third kappa shape index (κ3) is 3.33. The fourth-order valence-corrected chi connectivity index (χ4v) is 4.18. The van der Waals surface area contributed by atoms with Crippen LogP contribution in [0.2, 0.25) is 0 Å². The van der Waals surface area contributed by atoms with Crippen LogP contribution < -0.4 is 5.32 Å². The second-order valence-corrected chi connectivity index (χ2v) is 8.30. The van der Waals surface area contributed by atoms with Crippen molar-refractivity contribution < 1.29 is 13.2 Å². The third-order valence-electron chi connectivity index (χ3n) is 4.39. The summed E-state index contributed by atoms with van der Waals surface area (Å²) in [7, 11) is -3.50. The van der Waals surface area contributed by atoms with Gasteiger partial charge >= 0.3 is 0 Å². The average molecular weight is 322 g/mol. The largest absolute Gasteiger partial charge is 0.349 e. The monoisotopic (exact) mass is 322 g/mol. The maximum atomic E-state index is 12.7. The number of hydrogen-bond acceptors (Lipinski definition) is 3. The van der Waals surface area contributed by atoms with Crippen LogP contribution >= 0.6 is 0 Å². The zero-order valence-corrected chi connectivity index (χ0v) is 13.6. The molecule has 5 nitrogen and oxygen atoms in total. The second-order valence-electron chi connectivity index (χ2n) is 6.36. The molecule has 1 aromatic rings. The van der Waals surface area contributed by atoms with Gasteiger partial charge in [-0.25, -0.2) is 8.42 Å². The molecule has 120 valence electrons. The first-order valence-corrected chi connectivity index (χ1v) is 9.32. The van der Waals surface area contributed by atoms with Gasteiger partial charge in [-0.2, -0.15) is 4.31 Å². The van der Waals surface area contributed by atoms with Crippen LogP contribution in [-0.2, 0) is 10.0 Å². The van der Waals surface area contributed by atoms with E-state index in [-0.39, 0.29) is 16.8 Å². The molecule has 2 fully saturated rings. The lowest BCUT2D eigenvalue weighted by molar-refractivity contribution is 0.0951. The van der Waals surface area contributed by atoms with Gasteiger partial charge < -0.3 is 5.32 Å². The van der Waals surface area contributed by atoms with E-state index in [2.05, 4.69) is 12.2 Å². The van der Waals surface area contributed by atoms with Crippen LogP contribution in [0.25, 0.3) is 0 Å². The summed E-state index contributed by atoms with van der Waals surface area (Å²) in [6.07, 6.45) is 3.80. The van der Waals surface area contributed by atoms with Crippen molar-refractivity contribution in [1.82, 2.24) is 9.62 Å². The maximum absolute atomic E-state index is 12.7. The minimum absolute atomic E-state index is 0.188. The number of carbonyl (C=O) groups excluding carboxylic acids is 1. The fraction of sp³-hybridized carbons (Fsp3) is 0.562. The summed E-state index contributed by atoms with van der Waals surface area (Å²) in [6.45, 7) is 3.26. The zero-order chi connectivity index (χ0) is 15.7. The molecule has 3 rings (SSSR count). The van der Waals surface area contributed by atoms with Gasteiger partial charge in [0.05, 0.1) is 4.90 Å². The predicted molar refractivity (Wildman–Crippen MR) is 84.1 cm³/mol. The normalized spacial score (nSPS) is 20.8. The number of sulfonamides is 1. The molecule has 0 radical (unpaired) electrons. The van der Waals surface area contributed by atoms with Gasteiger partial charge in [0.2, 0.25) is 10.0 Å². The standard InChI is InChI=1S/C16H22N2O3S/c1-12-7-9-18(10-8-12)22(20,21)15-4-2-3-13(11-15)16(19)17-14-5-6-14/h2-4,11-12,14H,5-10H2,1H3,(H,17,19). The maximum Gasteiger partial charge on any atom is 0.251 e. The lowest BCUT2D eigenvalue weighted by atomic mass is 10.0. The molecular formula is C16H22N2O3S. The summed E-state index contributed by atoms with van der Waals surface area (Å²) in [5.41, 5.74) is 0.415. The lowest BCUT2D eigenvalue weighted by Crippen LogP contribution is -2.38. The van der Waals surface area contributed by atoms with E-state index in [1.165, 1.54) is 10.4 Å². The minimum Gasteiger partial charge on any atom is -0.349 e. The molecule has 1 heterocycles. The topological polar surface area (TPSA) is 66.5 Å². The van der Waals surface area contributed by atoms with E-state index < -0.39 is 10.0 Å². The van der Waals surface area contributed by atoms with Crippen molar-refractivity contribution in [2.75, 3.05) is 13.1 Å². The summed E-state index contributed by atoms with van der Waals surface area (Å²) >= 11 is 0. The summed E-state index contributed by atoms with van der Waals surface area (Å²) in [5.74, 6) is 0.383. The van der Waals surface area contributed by atoms with Crippen molar-refractivity contribution in [1.29, 1.82) is 0 Å². The molecule has 1 aromatic carbocycles. The number of piperidine rings is 1. The fourth-order valence-electron chi connectivity index (χ4n) is 2.67. The van der Waals surface area contributed by atoms with Gasteiger partial charge in [-0.05, 0) is 49.8 Å². The summed E-state index contributed by atoms with van der Waals surface area (Å²) in [6, 6.07) is 6.62. The Balaban J connectivity index is 1.79. The van der Waals surface area contributed by atoms with Crippen LogP contribution in [0.3, 0.4) is 0 Å². The van der Waals surface area contributed by atoms with Crippen molar-refractivity contribution in [2.24, 2.45) is 5.92 Å². The SMILES string of the molecule is CC1CCN(S(=O)(=O)c2cccc(C(=O)NC3CC3)c2)CC1. The summed E-state index contributed by atoms with van der Waals surface area (Å²) < 4.78 is 26.9. The Morgan fingerprint density at radius 2 is 1.86 bits per heavy atom. The zero-order valence-electron chi connectivity index (χ0n) is 12.8. The smallest absolute Gasteiger partial charge is 0.251 e. The Bertz CT molecular complexity index is 660. The van der Waals surface area contributed by atoms with E-state index in [1.54, 1.807) is 18.2 Å². The Hall–Kier alpha value is -1.40. The molecule has 1 saturated heterocycles. The van der Waals surface area contributed by atoms with E-state index in [0.717, 1.165) is 25.7 Å². The highest BCUT2D eigenvalue weighted by Crippen LogP contribution is 2.24. The van der Waals surface area contributed by atoms with Crippen molar-refractivity contribution in [3.05, 3.63) is 29.8 Å². The molecule has 0 spiro atoms.